The molecule has 1 rings (SSSR count). The highest BCUT2D eigenvalue weighted by atomic mass is 16.4. The van der Waals surface area contributed by atoms with Crippen LogP contribution < -0.4 is 10.5 Å². The first-order chi connectivity index (χ1) is 9.77. The van der Waals surface area contributed by atoms with Gasteiger partial charge in [-0.3, -0.25) is 9.59 Å². The molecule has 6 nitrogen and oxygen atoms in total. The lowest BCUT2D eigenvalue weighted by Crippen LogP contribution is -2.28. The molecule has 118 valence electrons. The number of aromatic nitrogens is 2. The molecule has 0 aliphatic heterocycles. The fourth-order valence-corrected chi connectivity index (χ4v) is 2.04. The second-order valence-corrected chi connectivity index (χ2v) is 5.99. The van der Waals surface area contributed by atoms with Crippen LogP contribution in [-0.2, 0) is 11.3 Å². The van der Waals surface area contributed by atoms with E-state index in [1.165, 1.54) is 4.68 Å². The zero-order chi connectivity index (χ0) is 16.0. The van der Waals surface area contributed by atoms with Gasteiger partial charge in [0.25, 0.3) is 5.56 Å². The van der Waals surface area contributed by atoms with Crippen molar-refractivity contribution in [3.05, 3.63) is 22.6 Å². The number of hydrogen-bond acceptors (Lipinski definition) is 4. The Morgan fingerprint density at radius 2 is 2.14 bits per heavy atom. The molecule has 0 aromatic carbocycles. The third kappa shape index (κ3) is 4.88. The van der Waals surface area contributed by atoms with E-state index in [1.54, 1.807) is 26.1 Å². The Kier molecular flexibility index (Phi) is 5.93. The standard InChI is InChI=1S/C15H25N3O3/c1-5-8-17(4)12-10-13(19)18(16-11-12)9-6-7-15(2,3)14(20)21/h10-11H,5-9H2,1-4H3,(H,20,21). The fraction of sp³-hybridized carbons (Fsp3) is 0.667. The fourth-order valence-electron chi connectivity index (χ4n) is 2.04. The van der Waals surface area contributed by atoms with E-state index in [-0.39, 0.29) is 5.56 Å². The molecule has 0 bridgehead atoms. The summed E-state index contributed by atoms with van der Waals surface area (Å²) in [7, 11) is 1.93. The quantitative estimate of drug-likeness (QED) is 0.793. The smallest absolute Gasteiger partial charge is 0.309 e. The molecule has 21 heavy (non-hydrogen) atoms. The van der Waals surface area contributed by atoms with Crippen LogP contribution in [0.25, 0.3) is 0 Å². The summed E-state index contributed by atoms with van der Waals surface area (Å²) in [6.07, 6.45) is 3.80. The van der Waals surface area contributed by atoms with Crippen molar-refractivity contribution in [3.8, 4) is 0 Å². The van der Waals surface area contributed by atoms with Gasteiger partial charge < -0.3 is 10.0 Å². The van der Waals surface area contributed by atoms with Crippen LogP contribution >= 0.6 is 0 Å². The van der Waals surface area contributed by atoms with Crippen molar-refractivity contribution in [2.24, 2.45) is 5.41 Å². The zero-order valence-electron chi connectivity index (χ0n) is 13.3. The Balaban J connectivity index is 2.66. The molecule has 0 fully saturated rings. The SMILES string of the molecule is CCCN(C)c1cnn(CCCC(C)(C)C(=O)O)c(=O)c1. The summed E-state index contributed by atoms with van der Waals surface area (Å²) in [5.41, 5.74) is -0.113. The summed E-state index contributed by atoms with van der Waals surface area (Å²) in [6, 6.07) is 1.57. The third-order valence-electron chi connectivity index (χ3n) is 3.61. The second kappa shape index (κ2) is 7.24. The number of carbonyl (C=O) groups is 1. The van der Waals surface area contributed by atoms with Crippen molar-refractivity contribution in [1.29, 1.82) is 0 Å². The van der Waals surface area contributed by atoms with Gasteiger partial charge >= 0.3 is 5.97 Å². The predicted molar refractivity (Wildman–Crippen MR) is 82.7 cm³/mol. The zero-order valence-corrected chi connectivity index (χ0v) is 13.3. The molecule has 6 heteroatoms. The van der Waals surface area contributed by atoms with Gasteiger partial charge in [0.15, 0.2) is 0 Å². The van der Waals surface area contributed by atoms with Gasteiger partial charge in [0.1, 0.15) is 0 Å². The number of aliphatic carboxylic acids is 1. The average molecular weight is 295 g/mol. The molecule has 0 aliphatic carbocycles. The molecule has 0 radical (unpaired) electrons. The van der Waals surface area contributed by atoms with Crippen LogP contribution in [0, 0.1) is 5.41 Å². The van der Waals surface area contributed by atoms with Gasteiger partial charge in [-0.2, -0.15) is 5.10 Å². The lowest BCUT2D eigenvalue weighted by Gasteiger charge is -2.19. The number of aryl methyl sites for hydroxylation is 1. The number of carboxylic acids is 1. The van der Waals surface area contributed by atoms with Crippen molar-refractivity contribution in [2.75, 3.05) is 18.5 Å². The number of carboxylic acid groups (broad SMARTS) is 1. The molecule has 1 aromatic heterocycles. The Bertz CT molecular complexity index is 537. The molecule has 1 N–H and O–H groups in total. The van der Waals surface area contributed by atoms with Crippen molar-refractivity contribution in [1.82, 2.24) is 9.78 Å². The van der Waals surface area contributed by atoms with Gasteiger partial charge in [-0.1, -0.05) is 6.92 Å². The molecule has 0 unspecified atom stereocenters. The Morgan fingerprint density at radius 3 is 2.67 bits per heavy atom. The van der Waals surface area contributed by atoms with Crippen molar-refractivity contribution in [2.45, 2.75) is 46.6 Å². The van der Waals surface area contributed by atoms with E-state index in [4.69, 9.17) is 5.11 Å². The molecule has 0 amide bonds. The van der Waals surface area contributed by atoms with Crippen molar-refractivity contribution in [3.63, 3.8) is 0 Å². The summed E-state index contributed by atoms with van der Waals surface area (Å²) in [6.45, 7) is 6.77. The molecule has 0 saturated heterocycles. The maximum Gasteiger partial charge on any atom is 0.309 e. The normalized spacial score (nSPS) is 11.4. The van der Waals surface area contributed by atoms with Gasteiger partial charge in [0, 0.05) is 26.2 Å². The van der Waals surface area contributed by atoms with Gasteiger partial charge in [-0.15, -0.1) is 0 Å². The lowest BCUT2D eigenvalue weighted by atomic mass is 9.88. The monoisotopic (exact) mass is 295 g/mol. The summed E-state index contributed by atoms with van der Waals surface area (Å²) >= 11 is 0. The lowest BCUT2D eigenvalue weighted by molar-refractivity contribution is -0.147. The van der Waals surface area contributed by atoms with Crippen LogP contribution in [0.3, 0.4) is 0 Å². The molecule has 1 heterocycles. The summed E-state index contributed by atoms with van der Waals surface area (Å²) < 4.78 is 1.39. The highest BCUT2D eigenvalue weighted by molar-refractivity contribution is 5.73. The largest absolute Gasteiger partial charge is 0.481 e. The van der Waals surface area contributed by atoms with Crippen LogP contribution in [0.1, 0.15) is 40.0 Å². The first-order valence-electron chi connectivity index (χ1n) is 7.29. The summed E-state index contributed by atoms with van der Waals surface area (Å²) in [5.74, 6) is -0.820. The number of nitrogens with zero attached hydrogens (tertiary/aromatic N) is 3. The van der Waals surface area contributed by atoms with Crippen LogP contribution in [0.4, 0.5) is 5.69 Å². The molecule has 0 atom stereocenters. The van der Waals surface area contributed by atoms with Crippen LogP contribution in [0.5, 0.6) is 0 Å². The van der Waals surface area contributed by atoms with Crippen molar-refractivity contribution >= 4 is 11.7 Å². The highest BCUT2D eigenvalue weighted by Gasteiger charge is 2.26. The number of anilines is 1. The molecule has 1 aromatic rings. The van der Waals surface area contributed by atoms with E-state index in [1.807, 2.05) is 11.9 Å². The van der Waals surface area contributed by atoms with Crippen LogP contribution in [0.15, 0.2) is 17.1 Å². The third-order valence-corrected chi connectivity index (χ3v) is 3.61. The van der Waals surface area contributed by atoms with E-state index in [2.05, 4.69) is 12.0 Å². The summed E-state index contributed by atoms with van der Waals surface area (Å²) in [4.78, 5) is 25.0. The number of hydrogen-bond donors (Lipinski definition) is 1. The molecule has 0 saturated carbocycles. The van der Waals surface area contributed by atoms with E-state index < -0.39 is 11.4 Å². The topological polar surface area (TPSA) is 75.4 Å². The first kappa shape index (κ1) is 17.2. The predicted octanol–water partition coefficient (Wildman–Crippen LogP) is 1.98. The maximum atomic E-state index is 12.0. The van der Waals surface area contributed by atoms with E-state index >= 15 is 0 Å². The minimum atomic E-state index is -0.820. The van der Waals surface area contributed by atoms with Crippen molar-refractivity contribution < 1.29 is 9.90 Å². The minimum Gasteiger partial charge on any atom is -0.481 e. The van der Waals surface area contributed by atoms with Gasteiger partial charge in [-0.05, 0) is 33.1 Å². The summed E-state index contributed by atoms with van der Waals surface area (Å²) in [5, 5.41) is 13.2. The number of rotatable bonds is 8. The minimum absolute atomic E-state index is 0.149. The molecule has 0 aliphatic rings. The Hall–Kier alpha value is -1.85. The molecular formula is C15H25N3O3. The highest BCUT2D eigenvalue weighted by Crippen LogP contribution is 2.22. The van der Waals surface area contributed by atoms with Crippen LogP contribution in [0.2, 0.25) is 0 Å². The first-order valence-corrected chi connectivity index (χ1v) is 7.29. The second-order valence-electron chi connectivity index (χ2n) is 5.99. The average Bonchev–Trinajstić information content (AvgIpc) is 2.40. The maximum absolute atomic E-state index is 12.0. The van der Waals surface area contributed by atoms with E-state index in [0.29, 0.717) is 19.4 Å². The van der Waals surface area contributed by atoms with Crippen LogP contribution in [-0.4, -0.2) is 34.4 Å². The molecule has 0 spiro atoms. The van der Waals surface area contributed by atoms with Gasteiger partial charge in [0.05, 0.1) is 17.3 Å². The van der Waals surface area contributed by atoms with E-state index in [0.717, 1.165) is 18.7 Å². The van der Waals surface area contributed by atoms with Gasteiger partial charge in [-0.25, -0.2) is 4.68 Å². The van der Waals surface area contributed by atoms with Gasteiger partial charge in [0.2, 0.25) is 0 Å². The molecular weight excluding hydrogens is 270 g/mol. The Labute approximate surface area is 125 Å². The van der Waals surface area contributed by atoms with E-state index in [9.17, 15) is 9.59 Å². The Morgan fingerprint density at radius 1 is 1.48 bits per heavy atom.